The summed E-state index contributed by atoms with van der Waals surface area (Å²) in [7, 11) is 1.69. The minimum Gasteiger partial charge on any atom is -0.457 e. The van der Waals surface area contributed by atoms with Crippen molar-refractivity contribution < 1.29 is 33.9 Å². The van der Waals surface area contributed by atoms with Crippen molar-refractivity contribution in [3.05, 3.63) is 68.5 Å². The number of nitro groups is 1. The number of carbonyl (C=O) groups is 3. The number of aryl methyl sites for hydroxylation is 1. The zero-order valence-electron chi connectivity index (χ0n) is 18.1. The van der Waals surface area contributed by atoms with Gasteiger partial charge in [0, 0.05) is 42.8 Å². The Morgan fingerprint density at radius 2 is 2.03 bits per heavy atom. The molecule has 1 fully saturated rings. The molecule has 0 radical (unpaired) electrons. The lowest BCUT2D eigenvalue weighted by molar-refractivity contribution is -0.384. The van der Waals surface area contributed by atoms with E-state index in [0.717, 1.165) is 11.8 Å². The third-order valence-electron chi connectivity index (χ3n) is 5.38. The van der Waals surface area contributed by atoms with E-state index < -0.39 is 46.8 Å². The molecule has 178 valence electrons. The van der Waals surface area contributed by atoms with Gasteiger partial charge in [0.25, 0.3) is 5.69 Å². The largest absolute Gasteiger partial charge is 0.457 e. The molecule has 34 heavy (non-hydrogen) atoms. The maximum atomic E-state index is 13.1. The van der Waals surface area contributed by atoms with Crippen molar-refractivity contribution in [2.24, 2.45) is 13.0 Å². The SMILES string of the molecule is CC(=O)OC(c1cnn(C)c1)C1C(=O)N2C(C(=O)OCc3ccc([N+](=O)[O-])cc3)=C(CO)S[C@H]12. The lowest BCUT2D eigenvalue weighted by Crippen LogP contribution is -2.59. The summed E-state index contributed by atoms with van der Waals surface area (Å²) in [5.41, 5.74) is 0.902. The van der Waals surface area contributed by atoms with Crippen molar-refractivity contribution in [3.63, 3.8) is 0 Å². The van der Waals surface area contributed by atoms with Crippen LogP contribution in [-0.4, -0.2) is 54.5 Å². The molecule has 1 saturated heterocycles. The van der Waals surface area contributed by atoms with Crippen molar-refractivity contribution in [1.82, 2.24) is 14.7 Å². The average molecular weight is 488 g/mol. The Balaban J connectivity index is 1.49. The normalized spacial score (nSPS) is 20.0. The highest BCUT2D eigenvalue weighted by Crippen LogP contribution is 2.53. The Morgan fingerprint density at radius 1 is 1.32 bits per heavy atom. The summed E-state index contributed by atoms with van der Waals surface area (Å²) in [6.45, 7) is 0.584. The second-order valence-electron chi connectivity index (χ2n) is 7.65. The van der Waals surface area contributed by atoms with Crippen molar-refractivity contribution in [2.45, 2.75) is 25.0 Å². The predicted octanol–water partition coefficient (Wildman–Crippen LogP) is 1.41. The summed E-state index contributed by atoms with van der Waals surface area (Å²) in [6, 6.07) is 5.50. The molecule has 1 aromatic heterocycles. The number of hydrogen-bond acceptors (Lipinski definition) is 10. The maximum Gasteiger partial charge on any atom is 0.356 e. The Labute approximate surface area is 197 Å². The number of hydrogen-bond donors (Lipinski definition) is 1. The molecule has 4 rings (SSSR count). The number of aromatic nitrogens is 2. The van der Waals surface area contributed by atoms with E-state index in [0.29, 0.717) is 11.1 Å². The number of carbonyl (C=O) groups excluding carboxylic acids is 3. The number of β-lactam (4-membered cyclic amide) rings is 1. The van der Waals surface area contributed by atoms with Crippen molar-refractivity contribution >= 4 is 35.3 Å². The van der Waals surface area contributed by atoms with Crippen LogP contribution in [0.25, 0.3) is 0 Å². The molecule has 13 heteroatoms. The molecule has 2 aliphatic heterocycles. The second kappa shape index (κ2) is 9.27. The van der Waals surface area contributed by atoms with Crippen molar-refractivity contribution in [2.75, 3.05) is 6.61 Å². The highest BCUT2D eigenvalue weighted by molar-refractivity contribution is 8.04. The molecule has 1 N–H and O–H groups in total. The summed E-state index contributed by atoms with van der Waals surface area (Å²) in [5, 5.41) is 24.1. The molecule has 3 heterocycles. The fraction of sp³-hybridized carbons (Fsp3) is 0.333. The number of nitrogens with zero attached hydrogens (tertiary/aromatic N) is 4. The maximum absolute atomic E-state index is 13.1. The molecule has 0 bridgehead atoms. The molecular weight excluding hydrogens is 468 g/mol. The van der Waals surface area contributed by atoms with Gasteiger partial charge in [-0.25, -0.2) is 4.79 Å². The number of aliphatic hydroxyl groups is 1. The number of thioether (sulfide) groups is 1. The highest BCUT2D eigenvalue weighted by Gasteiger charge is 2.60. The number of rotatable bonds is 8. The molecule has 0 saturated carbocycles. The van der Waals surface area contributed by atoms with Crippen LogP contribution >= 0.6 is 11.8 Å². The zero-order valence-corrected chi connectivity index (χ0v) is 18.9. The van der Waals surface area contributed by atoms with Gasteiger partial charge in [0.05, 0.1) is 17.7 Å². The van der Waals surface area contributed by atoms with Crippen LogP contribution in [0.5, 0.6) is 0 Å². The summed E-state index contributed by atoms with van der Waals surface area (Å²) in [5.74, 6) is -2.60. The first-order valence-electron chi connectivity index (χ1n) is 10.1. The van der Waals surface area contributed by atoms with E-state index in [1.165, 1.54) is 47.0 Å². The lowest BCUT2D eigenvalue weighted by Gasteiger charge is -2.45. The predicted molar refractivity (Wildman–Crippen MR) is 116 cm³/mol. The van der Waals surface area contributed by atoms with E-state index in [9.17, 15) is 29.6 Å². The summed E-state index contributed by atoms with van der Waals surface area (Å²) < 4.78 is 12.3. The number of amides is 1. The topological polar surface area (TPSA) is 154 Å². The molecule has 2 unspecified atom stereocenters. The zero-order chi connectivity index (χ0) is 24.6. The van der Waals surface area contributed by atoms with E-state index in [1.807, 2.05) is 0 Å². The Bertz CT molecular complexity index is 1190. The van der Waals surface area contributed by atoms with Gasteiger partial charge in [-0.15, -0.1) is 0 Å². The molecule has 0 aliphatic carbocycles. The average Bonchev–Trinajstić information content (AvgIpc) is 3.38. The number of benzene rings is 1. The monoisotopic (exact) mass is 488 g/mol. The number of esters is 2. The van der Waals surface area contributed by atoms with E-state index in [1.54, 1.807) is 13.2 Å². The van der Waals surface area contributed by atoms with Gasteiger partial charge in [-0.3, -0.25) is 29.3 Å². The van der Waals surface area contributed by atoms with Gasteiger partial charge >= 0.3 is 11.9 Å². The van der Waals surface area contributed by atoms with E-state index in [-0.39, 0.29) is 22.9 Å². The van der Waals surface area contributed by atoms with Crippen LogP contribution in [0.1, 0.15) is 24.2 Å². The van der Waals surface area contributed by atoms with Crippen LogP contribution < -0.4 is 0 Å². The minimum absolute atomic E-state index is 0.0616. The van der Waals surface area contributed by atoms with E-state index in [4.69, 9.17) is 9.47 Å². The third kappa shape index (κ3) is 4.26. The van der Waals surface area contributed by atoms with Crippen LogP contribution in [0.15, 0.2) is 47.3 Å². The van der Waals surface area contributed by atoms with E-state index >= 15 is 0 Å². The Morgan fingerprint density at radius 3 is 2.59 bits per heavy atom. The van der Waals surface area contributed by atoms with Gasteiger partial charge < -0.3 is 14.6 Å². The quantitative estimate of drug-likeness (QED) is 0.250. The first kappa shape index (κ1) is 23.4. The van der Waals surface area contributed by atoms with Gasteiger partial charge in [-0.2, -0.15) is 5.10 Å². The smallest absolute Gasteiger partial charge is 0.356 e. The summed E-state index contributed by atoms with van der Waals surface area (Å²) in [6.07, 6.45) is 2.24. The molecule has 2 aromatic rings. The van der Waals surface area contributed by atoms with Crippen molar-refractivity contribution in [3.8, 4) is 0 Å². The molecule has 1 aromatic carbocycles. The highest BCUT2D eigenvalue weighted by atomic mass is 32.2. The van der Waals surface area contributed by atoms with Gasteiger partial charge in [0.2, 0.25) is 5.91 Å². The van der Waals surface area contributed by atoms with Crippen LogP contribution in [0.4, 0.5) is 5.69 Å². The van der Waals surface area contributed by atoms with Crippen LogP contribution in [-0.2, 0) is 37.5 Å². The fourth-order valence-corrected chi connectivity index (χ4v) is 5.21. The minimum atomic E-state index is -0.900. The molecule has 1 amide bonds. The molecule has 12 nitrogen and oxygen atoms in total. The standard InChI is InChI=1S/C21H20N4O8S/c1-11(27)33-18(13-7-22-23(2)8-13)16-19(28)24-17(15(9-26)34-20(16)24)21(29)32-10-12-3-5-14(6-4-12)25(30)31/h3-8,16,18,20,26H,9-10H2,1-2H3/t16?,18?,20-/m1/s1. The number of fused-ring (bicyclic) bond motifs is 1. The van der Waals surface area contributed by atoms with Gasteiger partial charge in [0.1, 0.15) is 29.7 Å². The molecule has 0 spiro atoms. The summed E-state index contributed by atoms with van der Waals surface area (Å²) in [4.78, 5) is 49.4. The number of aliphatic hydroxyl groups excluding tert-OH is 1. The molecular formula is C21H20N4O8S. The first-order valence-corrected chi connectivity index (χ1v) is 11.0. The fourth-order valence-electron chi connectivity index (χ4n) is 3.83. The Hall–Kier alpha value is -3.71. The number of non-ortho nitro benzene ring substituents is 1. The van der Waals surface area contributed by atoms with Crippen molar-refractivity contribution in [1.29, 1.82) is 0 Å². The van der Waals surface area contributed by atoms with Crippen LogP contribution in [0.2, 0.25) is 0 Å². The van der Waals surface area contributed by atoms with Gasteiger partial charge in [-0.1, -0.05) is 11.8 Å². The van der Waals surface area contributed by atoms with Crippen LogP contribution in [0.3, 0.4) is 0 Å². The second-order valence-corrected chi connectivity index (χ2v) is 8.86. The molecule has 3 atom stereocenters. The number of ether oxygens (including phenoxy) is 2. The lowest BCUT2D eigenvalue weighted by atomic mass is 9.88. The summed E-state index contributed by atoms with van der Waals surface area (Å²) >= 11 is 1.13. The first-order chi connectivity index (χ1) is 16.2. The Kier molecular flexibility index (Phi) is 6.39. The number of nitro benzene ring substituents is 1. The third-order valence-corrected chi connectivity index (χ3v) is 6.73. The van der Waals surface area contributed by atoms with E-state index in [2.05, 4.69) is 5.10 Å². The van der Waals surface area contributed by atoms with Crippen LogP contribution in [0, 0.1) is 16.0 Å². The molecule has 2 aliphatic rings. The van der Waals surface area contributed by atoms with Gasteiger partial charge in [0.15, 0.2) is 0 Å². The van der Waals surface area contributed by atoms with Gasteiger partial charge in [-0.05, 0) is 17.7 Å².